The van der Waals surface area contributed by atoms with Gasteiger partial charge < -0.3 is 4.74 Å². The highest BCUT2D eigenvalue weighted by Gasteiger charge is 2.06. The lowest BCUT2D eigenvalue weighted by Gasteiger charge is -1.99. The number of ether oxygens (including phenoxy) is 1. The SMILES string of the molecule is COCC(=O)Nc1nc(CSc2ccccc2)cs1. The average Bonchev–Trinajstić information content (AvgIpc) is 2.85. The van der Waals surface area contributed by atoms with E-state index in [-0.39, 0.29) is 12.5 Å². The summed E-state index contributed by atoms with van der Waals surface area (Å²) in [6.45, 7) is 0.0493. The molecular formula is C13H14N2O2S2. The largest absolute Gasteiger partial charge is 0.375 e. The van der Waals surface area contributed by atoms with Gasteiger partial charge in [0, 0.05) is 23.1 Å². The summed E-state index contributed by atoms with van der Waals surface area (Å²) in [6.07, 6.45) is 0. The van der Waals surface area contributed by atoms with Gasteiger partial charge in [0.2, 0.25) is 0 Å². The van der Waals surface area contributed by atoms with Crippen molar-refractivity contribution in [2.75, 3.05) is 19.0 Å². The van der Waals surface area contributed by atoms with Crippen LogP contribution >= 0.6 is 23.1 Å². The molecule has 2 aromatic rings. The zero-order chi connectivity index (χ0) is 13.5. The van der Waals surface area contributed by atoms with Crippen molar-refractivity contribution in [1.82, 2.24) is 4.98 Å². The molecule has 0 atom stereocenters. The fourth-order valence-corrected chi connectivity index (χ4v) is 3.04. The molecule has 1 aromatic heterocycles. The van der Waals surface area contributed by atoms with Crippen molar-refractivity contribution >= 4 is 34.1 Å². The van der Waals surface area contributed by atoms with Crippen molar-refractivity contribution in [2.24, 2.45) is 0 Å². The van der Waals surface area contributed by atoms with Gasteiger partial charge in [-0.3, -0.25) is 10.1 Å². The maximum Gasteiger partial charge on any atom is 0.252 e. The topological polar surface area (TPSA) is 51.2 Å². The van der Waals surface area contributed by atoms with Gasteiger partial charge >= 0.3 is 0 Å². The van der Waals surface area contributed by atoms with Crippen LogP contribution in [-0.4, -0.2) is 24.6 Å². The number of thiazole rings is 1. The highest BCUT2D eigenvalue weighted by molar-refractivity contribution is 7.98. The van der Waals surface area contributed by atoms with E-state index in [0.29, 0.717) is 5.13 Å². The van der Waals surface area contributed by atoms with Gasteiger partial charge in [-0.05, 0) is 12.1 Å². The lowest BCUT2D eigenvalue weighted by molar-refractivity contribution is -0.119. The lowest BCUT2D eigenvalue weighted by Crippen LogP contribution is -2.16. The second-order valence-electron chi connectivity index (χ2n) is 3.73. The highest BCUT2D eigenvalue weighted by Crippen LogP contribution is 2.24. The third-order valence-electron chi connectivity index (χ3n) is 2.20. The van der Waals surface area contributed by atoms with Gasteiger partial charge in [0.1, 0.15) is 6.61 Å². The Bertz CT molecular complexity index is 528. The van der Waals surface area contributed by atoms with E-state index >= 15 is 0 Å². The van der Waals surface area contributed by atoms with Gasteiger partial charge in [0.05, 0.1) is 5.69 Å². The van der Waals surface area contributed by atoms with E-state index in [1.807, 2.05) is 23.6 Å². The summed E-state index contributed by atoms with van der Waals surface area (Å²) in [5, 5.41) is 5.27. The first-order chi connectivity index (χ1) is 9.28. The highest BCUT2D eigenvalue weighted by atomic mass is 32.2. The molecule has 0 saturated carbocycles. The van der Waals surface area contributed by atoms with Crippen LogP contribution in [0.15, 0.2) is 40.6 Å². The number of methoxy groups -OCH3 is 1. The smallest absolute Gasteiger partial charge is 0.252 e. The molecule has 6 heteroatoms. The summed E-state index contributed by atoms with van der Waals surface area (Å²) in [5.41, 5.74) is 0.964. The van der Waals surface area contributed by atoms with E-state index in [4.69, 9.17) is 4.74 Å². The molecular weight excluding hydrogens is 280 g/mol. The third-order valence-corrected chi connectivity index (χ3v) is 4.06. The van der Waals surface area contributed by atoms with E-state index in [0.717, 1.165) is 11.4 Å². The van der Waals surface area contributed by atoms with Crippen molar-refractivity contribution in [2.45, 2.75) is 10.6 Å². The molecule has 0 unspecified atom stereocenters. The zero-order valence-corrected chi connectivity index (χ0v) is 12.1. The number of rotatable bonds is 6. The van der Waals surface area contributed by atoms with Crippen molar-refractivity contribution in [1.29, 1.82) is 0 Å². The zero-order valence-electron chi connectivity index (χ0n) is 10.5. The first-order valence-electron chi connectivity index (χ1n) is 5.69. The van der Waals surface area contributed by atoms with Crippen molar-refractivity contribution in [3.63, 3.8) is 0 Å². The monoisotopic (exact) mass is 294 g/mol. The fraction of sp³-hybridized carbons (Fsp3) is 0.231. The molecule has 19 heavy (non-hydrogen) atoms. The number of thioether (sulfide) groups is 1. The van der Waals surface area contributed by atoms with Crippen LogP contribution in [0, 0.1) is 0 Å². The molecule has 0 fully saturated rings. The lowest BCUT2D eigenvalue weighted by atomic mass is 10.4. The molecule has 0 bridgehead atoms. The summed E-state index contributed by atoms with van der Waals surface area (Å²) < 4.78 is 4.75. The summed E-state index contributed by atoms with van der Waals surface area (Å²) in [7, 11) is 1.49. The van der Waals surface area contributed by atoms with Crippen LogP contribution in [-0.2, 0) is 15.3 Å². The third kappa shape index (κ3) is 4.66. The Morgan fingerprint density at radius 3 is 2.95 bits per heavy atom. The number of amides is 1. The summed E-state index contributed by atoms with van der Waals surface area (Å²) in [4.78, 5) is 16.9. The predicted octanol–water partition coefficient (Wildman–Crippen LogP) is 3.02. The second-order valence-corrected chi connectivity index (χ2v) is 5.63. The molecule has 0 saturated heterocycles. The number of aromatic nitrogens is 1. The van der Waals surface area contributed by atoms with Gasteiger partial charge in [-0.15, -0.1) is 23.1 Å². The Labute approximate surface area is 120 Å². The van der Waals surface area contributed by atoms with Crippen molar-refractivity contribution < 1.29 is 9.53 Å². The number of hydrogen-bond donors (Lipinski definition) is 1. The van der Waals surface area contributed by atoms with Crippen LogP contribution in [0.5, 0.6) is 0 Å². The minimum absolute atomic E-state index is 0.0493. The molecule has 1 N–H and O–H groups in total. The van der Waals surface area contributed by atoms with Crippen molar-refractivity contribution in [3.8, 4) is 0 Å². The Hall–Kier alpha value is -1.37. The Balaban J connectivity index is 1.85. The minimum atomic E-state index is -0.181. The number of benzene rings is 1. The molecule has 1 aromatic carbocycles. The Morgan fingerprint density at radius 1 is 1.42 bits per heavy atom. The molecule has 2 rings (SSSR count). The number of nitrogens with one attached hydrogen (secondary N) is 1. The maximum atomic E-state index is 11.3. The van der Waals surface area contributed by atoms with Crippen molar-refractivity contribution in [3.05, 3.63) is 41.4 Å². The van der Waals surface area contributed by atoms with Crippen LogP contribution in [0.4, 0.5) is 5.13 Å². The van der Waals surface area contributed by atoms with Gasteiger partial charge in [0.25, 0.3) is 5.91 Å². The molecule has 4 nitrogen and oxygen atoms in total. The number of carbonyl (C=O) groups excluding carboxylic acids is 1. The van der Waals surface area contributed by atoms with Gasteiger partial charge in [-0.2, -0.15) is 0 Å². The first-order valence-corrected chi connectivity index (χ1v) is 7.55. The predicted molar refractivity (Wildman–Crippen MR) is 78.6 cm³/mol. The molecule has 0 radical (unpaired) electrons. The normalized spacial score (nSPS) is 10.4. The number of anilines is 1. The van der Waals surface area contributed by atoms with E-state index < -0.39 is 0 Å². The van der Waals surface area contributed by atoms with Crippen LogP contribution < -0.4 is 5.32 Å². The number of carbonyl (C=O) groups is 1. The van der Waals surface area contributed by atoms with E-state index in [2.05, 4.69) is 22.4 Å². The quantitative estimate of drug-likeness (QED) is 0.832. The first kappa shape index (κ1) is 14.0. The molecule has 0 aliphatic carbocycles. The van der Waals surface area contributed by atoms with Gasteiger partial charge in [-0.25, -0.2) is 4.98 Å². The van der Waals surface area contributed by atoms with Gasteiger partial charge in [-0.1, -0.05) is 18.2 Å². The van der Waals surface area contributed by atoms with Crippen LogP contribution in [0.1, 0.15) is 5.69 Å². The summed E-state index contributed by atoms with van der Waals surface area (Å²) in [6, 6.07) is 10.2. The standard InChI is InChI=1S/C13H14N2O2S2/c1-17-7-12(16)15-13-14-10(9-19-13)8-18-11-5-3-2-4-6-11/h2-6,9H,7-8H2,1H3,(H,14,15,16). The molecule has 1 heterocycles. The second kappa shape index (κ2) is 7.28. The Kier molecular flexibility index (Phi) is 5.38. The van der Waals surface area contributed by atoms with Crippen LogP contribution in [0.2, 0.25) is 0 Å². The molecule has 0 spiro atoms. The number of nitrogens with zero attached hydrogens (tertiary/aromatic N) is 1. The molecule has 100 valence electrons. The van der Waals surface area contributed by atoms with E-state index in [1.54, 1.807) is 11.8 Å². The molecule has 1 amide bonds. The van der Waals surface area contributed by atoms with Crippen LogP contribution in [0.25, 0.3) is 0 Å². The maximum absolute atomic E-state index is 11.3. The fourth-order valence-electron chi connectivity index (χ4n) is 1.39. The summed E-state index contributed by atoms with van der Waals surface area (Å²) in [5.74, 6) is 0.611. The Morgan fingerprint density at radius 2 is 2.21 bits per heavy atom. The molecule has 0 aliphatic rings. The van der Waals surface area contributed by atoms with Gasteiger partial charge in [0.15, 0.2) is 5.13 Å². The average molecular weight is 294 g/mol. The number of hydrogen-bond acceptors (Lipinski definition) is 5. The molecule has 0 aliphatic heterocycles. The van der Waals surface area contributed by atoms with E-state index in [9.17, 15) is 4.79 Å². The van der Waals surface area contributed by atoms with E-state index in [1.165, 1.54) is 23.3 Å². The summed E-state index contributed by atoms with van der Waals surface area (Å²) >= 11 is 3.15. The van der Waals surface area contributed by atoms with Crippen LogP contribution in [0.3, 0.4) is 0 Å². The minimum Gasteiger partial charge on any atom is -0.375 e.